The summed E-state index contributed by atoms with van der Waals surface area (Å²) in [7, 11) is 0. The van der Waals surface area contributed by atoms with Gasteiger partial charge in [0.25, 0.3) is 0 Å². The zero-order valence-electron chi connectivity index (χ0n) is 7.36. The zero-order chi connectivity index (χ0) is 9.14. The molecule has 1 unspecified atom stereocenters. The summed E-state index contributed by atoms with van der Waals surface area (Å²) in [6.45, 7) is 3.96. The fourth-order valence-electron chi connectivity index (χ4n) is 1.18. The Morgan fingerprint density at radius 1 is 1.67 bits per heavy atom. The van der Waals surface area contributed by atoms with Gasteiger partial charge in [-0.2, -0.15) is 0 Å². The van der Waals surface area contributed by atoms with Crippen LogP contribution in [0, 0.1) is 5.92 Å². The number of aliphatic hydroxyl groups excluding tert-OH is 1. The molecule has 12 heavy (non-hydrogen) atoms. The van der Waals surface area contributed by atoms with Crippen LogP contribution in [0.4, 0.5) is 0 Å². The van der Waals surface area contributed by atoms with E-state index in [0.29, 0.717) is 6.61 Å². The van der Waals surface area contributed by atoms with E-state index in [0.717, 1.165) is 0 Å². The first-order valence-electron chi connectivity index (χ1n) is 4.09. The maximum Gasteiger partial charge on any atom is 0.152 e. The molecule has 1 heterocycles. The predicted molar refractivity (Wildman–Crippen MR) is 44.7 cm³/mol. The van der Waals surface area contributed by atoms with Gasteiger partial charge in [0.2, 0.25) is 0 Å². The highest BCUT2D eigenvalue weighted by Gasteiger charge is 2.30. The Labute approximate surface area is 72.0 Å². The number of allylic oxidation sites excluding steroid dienone is 1. The zero-order valence-corrected chi connectivity index (χ0v) is 7.36. The lowest BCUT2D eigenvalue weighted by molar-refractivity contribution is -0.112. The fraction of sp³-hybridized carbons (Fsp3) is 0.667. The minimum absolute atomic E-state index is 0.0228. The Morgan fingerprint density at radius 2 is 2.33 bits per heavy atom. The molecule has 1 aliphatic heterocycles. The van der Waals surface area contributed by atoms with Gasteiger partial charge in [0.15, 0.2) is 5.78 Å². The third kappa shape index (κ3) is 2.16. The second kappa shape index (κ2) is 3.83. The molecule has 0 saturated carbocycles. The molecule has 0 aromatic carbocycles. The number of hydrogen-bond acceptors (Lipinski definition) is 3. The largest absolute Gasteiger partial charge is 0.390 e. The lowest BCUT2D eigenvalue weighted by Gasteiger charge is -2.09. The molecule has 1 N–H and O–H groups in total. The summed E-state index contributed by atoms with van der Waals surface area (Å²) in [4.78, 5) is 10.6. The number of hydrogen-bond donors (Lipinski definition) is 1. The fourth-order valence-corrected chi connectivity index (χ4v) is 1.18. The van der Waals surface area contributed by atoms with Crippen LogP contribution in [0.3, 0.4) is 0 Å². The van der Waals surface area contributed by atoms with Crippen molar-refractivity contribution in [1.82, 2.24) is 0 Å². The van der Waals surface area contributed by atoms with E-state index in [-0.39, 0.29) is 17.8 Å². The molecule has 68 valence electrons. The molecule has 0 aromatic rings. The number of ketones is 1. The van der Waals surface area contributed by atoms with E-state index in [1.165, 1.54) is 13.0 Å². The second-order valence-corrected chi connectivity index (χ2v) is 3.24. The summed E-state index contributed by atoms with van der Waals surface area (Å²) in [5.74, 6) is 0.136. The van der Waals surface area contributed by atoms with Gasteiger partial charge in [-0.25, -0.2) is 0 Å². The summed E-state index contributed by atoms with van der Waals surface area (Å²) in [5, 5.41) is 9.48. The summed E-state index contributed by atoms with van der Waals surface area (Å²) < 4.78 is 5.24. The Morgan fingerprint density at radius 3 is 2.75 bits per heavy atom. The molecule has 0 bridgehead atoms. The van der Waals surface area contributed by atoms with Gasteiger partial charge >= 0.3 is 0 Å². The third-order valence-corrected chi connectivity index (χ3v) is 1.99. The lowest BCUT2D eigenvalue weighted by Crippen LogP contribution is -2.22. The van der Waals surface area contributed by atoms with Crippen molar-refractivity contribution in [3.05, 3.63) is 12.2 Å². The van der Waals surface area contributed by atoms with E-state index in [1.54, 1.807) is 6.08 Å². The van der Waals surface area contributed by atoms with Crippen molar-refractivity contribution in [2.45, 2.75) is 26.1 Å². The lowest BCUT2D eigenvalue weighted by atomic mass is 10.0. The Balaban J connectivity index is 2.49. The molecule has 3 heteroatoms. The van der Waals surface area contributed by atoms with Gasteiger partial charge in [-0.3, -0.25) is 4.79 Å². The number of rotatable bonds is 2. The Hall–Kier alpha value is -0.670. The minimum atomic E-state index is -0.472. The number of aliphatic hydroxyl groups is 1. The standard InChI is InChI=1S/C9H14O3/c1-6-5-12-8(9(6)11)4-3-7(2)10/h3-4,6,8-9,11H,5H2,1-2H3/b4-3+/t6?,8-,9-/m1/s1. The molecule has 0 spiro atoms. The molecule has 1 aliphatic rings. The van der Waals surface area contributed by atoms with Gasteiger partial charge in [0.1, 0.15) is 6.10 Å². The first-order valence-corrected chi connectivity index (χ1v) is 4.09. The van der Waals surface area contributed by atoms with Gasteiger partial charge in [-0.05, 0) is 19.1 Å². The monoisotopic (exact) mass is 170 g/mol. The van der Waals surface area contributed by atoms with Crippen molar-refractivity contribution in [2.75, 3.05) is 6.61 Å². The Kier molecular flexibility index (Phi) is 3.00. The van der Waals surface area contributed by atoms with Crippen LogP contribution < -0.4 is 0 Å². The summed E-state index contributed by atoms with van der Waals surface area (Å²) in [5.41, 5.74) is 0. The molecule has 3 atom stereocenters. The molecular weight excluding hydrogens is 156 g/mol. The molecule has 0 aliphatic carbocycles. The number of ether oxygens (including phenoxy) is 1. The number of carbonyl (C=O) groups is 1. The maximum absolute atomic E-state index is 10.6. The maximum atomic E-state index is 10.6. The smallest absolute Gasteiger partial charge is 0.152 e. The summed E-state index contributed by atoms with van der Waals surface area (Å²) in [6.07, 6.45) is 2.28. The van der Waals surface area contributed by atoms with Gasteiger partial charge in [-0.1, -0.05) is 6.92 Å². The molecule has 0 aromatic heterocycles. The van der Waals surface area contributed by atoms with Crippen LogP contribution in [0.5, 0.6) is 0 Å². The van der Waals surface area contributed by atoms with Crippen molar-refractivity contribution in [1.29, 1.82) is 0 Å². The normalized spacial score (nSPS) is 36.1. The summed E-state index contributed by atoms with van der Waals surface area (Å²) >= 11 is 0. The van der Waals surface area contributed by atoms with Crippen LogP contribution in [0.1, 0.15) is 13.8 Å². The van der Waals surface area contributed by atoms with E-state index in [1.807, 2.05) is 6.92 Å². The van der Waals surface area contributed by atoms with Crippen LogP contribution in [0.2, 0.25) is 0 Å². The van der Waals surface area contributed by atoms with E-state index in [2.05, 4.69) is 0 Å². The van der Waals surface area contributed by atoms with Crippen LogP contribution in [0.15, 0.2) is 12.2 Å². The van der Waals surface area contributed by atoms with Gasteiger partial charge in [-0.15, -0.1) is 0 Å². The van der Waals surface area contributed by atoms with Gasteiger partial charge in [0.05, 0.1) is 12.7 Å². The van der Waals surface area contributed by atoms with E-state index < -0.39 is 6.10 Å². The van der Waals surface area contributed by atoms with Gasteiger partial charge < -0.3 is 9.84 Å². The third-order valence-electron chi connectivity index (χ3n) is 1.99. The first kappa shape index (κ1) is 9.42. The summed E-state index contributed by atoms with van der Waals surface area (Å²) in [6, 6.07) is 0. The number of carbonyl (C=O) groups excluding carboxylic acids is 1. The van der Waals surface area contributed by atoms with Crippen molar-refractivity contribution in [3.8, 4) is 0 Å². The van der Waals surface area contributed by atoms with Crippen molar-refractivity contribution in [2.24, 2.45) is 5.92 Å². The van der Waals surface area contributed by atoms with Crippen molar-refractivity contribution < 1.29 is 14.6 Å². The average molecular weight is 170 g/mol. The first-order chi connectivity index (χ1) is 5.61. The van der Waals surface area contributed by atoms with Gasteiger partial charge in [0, 0.05) is 5.92 Å². The van der Waals surface area contributed by atoms with E-state index in [4.69, 9.17) is 4.74 Å². The highest BCUT2D eigenvalue weighted by atomic mass is 16.5. The highest BCUT2D eigenvalue weighted by Crippen LogP contribution is 2.20. The molecule has 0 amide bonds. The predicted octanol–water partition coefficient (Wildman–Crippen LogP) is 0.527. The second-order valence-electron chi connectivity index (χ2n) is 3.24. The molecule has 0 radical (unpaired) electrons. The van der Waals surface area contributed by atoms with Crippen LogP contribution in [0.25, 0.3) is 0 Å². The topological polar surface area (TPSA) is 46.5 Å². The molecule has 1 rings (SSSR count). The Bertz CT molecular complexity index is 198. The van der Waals surface area contributed by atoms with E-state index >= 15 is 0 Å². The SMILES string of the molecule is CC(=O)/C=C/[C@H]1OCC(C)[C@H]1O. The average Bonchev–Trinajstić information content (AvgIpc) is 2.30. The molecular formula is C9H14O3. The molecule has 1 saturated heterocycles. The minimum Gasteiger partial charge on any atom is -0.390 e. The van der Waals surface area contributed by atoms with Crippen LogP contribution in [-0.2, 0) is 9.53 Å². The van der Waals surface area contributed by atoms with Crippen LogP contribution >= 0.6 is 0 Å². The molecule has 3 nitrogen and oxygen atoms in total. The van der Waals surface area contributed by atoms with Crippen molar-refractivity contribution >= 4 is 5.78 Å². The van der Waals surface area contributed by atoms with E-state index in [9.17, 15) is 9.90 Å². The molecule has 1 fully saturated rings. The van der Waals surface area contributed by atoms with Crippen molar-refractivity contribution in [3.63, 3.8) is 0 Å². The quantitative estimate of drug-likeness (QED) is 0.615. The van der Waals surface area contributed by atoms with Crippen LogP contribution in [-0.4, -0.2) is 29.7 Å². The highest BCUT2D eigenvalue weighted by molar-refractivity contribution is 5.87.